The van der Waals surface area contributed by atoms with Crippen LogP contribution in [0.25, 0.3) is 0 Å². The number of rotatable bonds is 6. The highest BCUT2D eigenvalue weighted by atomic mass is 19.4. The standard InChI is InChI=1S/C23H23F3N6O3/c24-23(25,26)17-7-9-19(20(14-17)32(34)35)30-10-12-31(13-11-30)22(33)27-21-15-18(28-29-21)8-6-16-4-2-1-3-5-16/h1-5,7,9,14-15H,6,8,10-13H2,(H2,27,28,29,33). The molecule has 1 aliphatic heterocycles. The zero-order valence-electron chi connectivity index (χ0n) is 18.6. The molecule has 1 aliphatic rings. The molecule has 35 heavy (non-hydrogen) atoms. The van der Waals surface area contributed by atoms with Gasteiger partial charge in [-0.25, -0.2) is 4.79 Å². The fourth-order valence-corrected chi connectivity index (χ4v) is 3.93. The van der Waals surface area contributed by atoms with Gasteiger partial charge in [0.05, 0.1) is 16.2 Å². The molecule has 184 valence electrons. The summed E-state index contributed by atoms with van der Waals surface area (Å²) in [6.07, 6.45) is -3.15. The number of nitro groups is 1. The summed E-state index contributed by atoms with van der Waals surface area (Å²) in [4.78, 5) is 26.3. The molecule has 9 nitrogen and oxygen atoms in total. The van der Waals surface area contributed by atoms with Gasteiger partial charge in [0, 0.05) is 38.3 Å². The van der Waals surface area contributed by atoms with Crippen molar-refractivity contribution >= 4 is 23.2 Å². The first-order valence-electron chi connectivity index (χ1n) is 11.0. The first-order chi connectivity index (χ1) is 16.7. The fourth-order valence-electron chi connectivity index (χ4n) is 3.93. The van der Waals surface area contributed by atoms with E-state index in [1.165, 1.54) is 10.5 Å². The van der Waals surface area contributed by atoms with Gasteiger partial charge in [0.25, 0.3) is 5.69 Å². The second-order valence-corrected chi connectivity index (χ2v) is 8.12. The lowest BCUT2D eigenvalue weighted by Gasteiger charge is -2.35. The number of aromatic amines is 1. The molecule has 12 heteroatoms. The van der Waals surface area contributed by atoms with E-state index >= 15 is 0 Å². The molecule has 2 heterocycles. The molecule has 0 unspecified atom stereocenters. The molecule has 0 atom stereocenters. The normalized spacial score (nSPS) is 14.1. The van der Waals surface area contributed by atoms with E-state index in [-0.39, 0.29) is 37.9 Å². The summed E-state index contributed by atoms with van der Waals surface area (Å²) in [5, 5.41) is 21.2. The van der Waals surface area contributed by atoms with Crippen LogP contribution in [0.15, 0.2) is 54.6 Å². The van der Waals surface area contributed by atoms with Gasteiger partial charge in [-0.2, -0.15) is 18.3 Å². The number of nitro benzene ring substituents is 1. The number of halogens is 3. The van der Waals surface area contributed by atoms with Gasteiger partial charge in [-0.1, -0.05) is 30.3 Å². The van der Waals surface area contributed by atoms with Crippen molar-refractivity contribution < 1.29 is 22.9 Å². The van der Waals surface area contributed by atoms with Gasteiger partial charge >= 0.3 is 12.2 Å². The van der Waals surface area contributed by atoms with Gasteiger partial charge in [0.2, 0.25) is 0 Å². The molecule has 0 bridgehead atoms. The number of urea groups is 1. The number of aromatic nitrogens is 2. The van der Waals surface area contributed by atoms with Gasteiger partial charge in [-0.3, -0.25) is 20.5 Å². The van der Waals surface area contributed by atoms with E-state index in [1.807, 2.05) is 30.3 Å². The molecule has 2 amide bonds. The van der Waals surface area contributed by atoms with E-state index in [1.54, 1.807) is 11.0 Å². The van der Waals surface area contributed by atoms with E-state index in [0.29, 0.717) is 18.3 Å². The molecule has 1 saturated heterocycles. The molecule has 1 aromatic heterocycles. The van der Waals surface area contributed by atoms with Crippen LogP contribution < -0.4 is 10.2 Å². The van der Waals surface area contributed by atoms with E-state index in [2.05, 4.69) is 15.5 Å². The SMILES string of the molecule is O=C(Nc1cc(CCc2ccccc2)n[nH]1)N1CCN(c2ccc(C(F)(F)F)cc2[N+](=O)[O-])CC1. The summed E-state index contributed by atoms with van der Waals surface area (Å²) in [6, 6.07) is 13.9. The molecular formula is C23H23F3N6O3. The van der Waals surface area contributed by atoms with E-state index in [0.717, 1.165) is 24.2 Å². The molecule has 1 fully saturated rings. The van der Waals surface area contributed by atoms with E-state index in [4.69, 9.17) is 0 Å². The highest BCUT2D eigenvalue weighted by Gasteiger charge is 2.34. The summed E-state index contributed by atoms with van der Waals surface area (Å²) in [6.45, 7) is 0.980. The third-order valence-electron chi connectivity index (χ3n) is 5.79. The summed E-state index contributed by atoms with van der Waals surface area (Å²) >= 11 is 0. The van der Waals surface area contributed by atoms with Gasteiger partial charge in [0.15, 0.2) is 0 Å². The monoisotopic (exact) mass is 488 g/mol. The van der Waals surface area contributed by atoms with Crippen LogP contribution in [-0.2, 0) is 19.0 Å². The van der Waals surface area contributed by atoms with Gasteiger partial charge in [-0.15, -0.1) is 0 Å². The Morgan fingerprint density at radius 3 is 2.43 bits per heavy atom. The number of aryl methyl sites for hydroxylation is 2. The maximum absolute atomic E-state index is 13.0. The average Bonchev–Trinajstić information content (AvgIpc) is 3.29. The molecule has 3 aromatic rings. The predicted octanol–water partition coefficient (Wildman–Crippen LogP) is 4.48. The Kier molecular flexibility index (Phi) is 6.90. The Morgan fingerprint density at radius 1 is 1.06 bits per heavy atom. The van der Waals surface area contributed by atoms with Crippen molar-refractivity contribution in [1.82, 2.24) is 15.1 Å². The maximum Gasteiger partial charge on any atom is 0.416 e. The lowest BCUT2D eigenvalue weighted by molar-refractivity contribution is -0.384. The summed E-state index contributed by atoms with van der Waals surface area (Å²) in [5.74, 6) is 0.457. The summed E-state index contributed by atoms with van der Waals surface area (Å²) in [7, 11) is 0. The number of benzene rings is 2. The summed E-state index contributed by atoms with van der Waals surface area (Å²) < 4.78 is 38.9. The Balaban J connectivity index is 1.32. The number of nitrogens with one attached hydrogen (secondary N) is 2. The van der Waals surface area contributed by atoms with Crippen molar-refractivity contribution in [3.8, 4) is 0 Å². The van der Waals surface area contributed by atoms with Crippen molar-refractivity contribution in [2.45, 2.75) is 19.0 Å². The van der Waals surface area contributed by atoms with Crippen molar-refractivity contribution in [1.29, 1.82) is 0 Å². The third-order valence-corrected chi connectivity index (χ3v) is 5.79. The Bertz CT molecular complexity index is 1190. The number of hydrogen-bond donors (Lipinski definition) is 2. The second kappa shape index (κ2) is 10.0. The van der Waals surface area contributed by atoms with E-state index < -0.39 is 22.4 Å². The number of amides is 2. The molecular weight excluding hydrogens is 465 g/mol. The molecule has 0 radical (unpaired) electrons. The van der Waals surface area contributed by atoms with Crippen LogP contribution in [-0.4, -0.2) is 52.2 Å². The van der Waals surface area contributed by atoms with Crippen molar-refractivity contribution in [3.05, 3.63) is 81.5 Å². The Morgan fingerprint density at radius 2 is 1.77 bits per heavy atom. The van der Waals surface area contributed by atoms with Crippen LogP contribution in [0.4, 0.5) is 35.2 Å². The maximum atomic E-state index is 13.0. The Hall–Kier alpha value is -4.09. The topological polar surface area (TPSA) is 107 Å². The minimum Gasteiger partial charge on any atom is -0.362 e. The second-order valence-electron chi connectivity index (χ2n) is 8.12. The quantitative estimate of drug-likeness (QED) is 0.393. The minimum absolute atomic E-state index is 0.0969. The first-order valence-corrected chi connectivity index (χ1v) is 11.0. The minimum atomic E-state index is -4.67. The molecule has 0 saturated carbocycles. The van der Waals surface area contributed by atoms with Crippen LogP contribution in [0.5, 0.6) is 0 Å². The number of H-pyrrole nitrogens is 1. The number of alkyl halides is 3. The van der Waals surface area contributed by atoms with Crippen LogP contribution in [0.1, 0.15) is 16.8 Å². The smallest absolute Gasteiger partial charge is 0.362 e. The molecule has 2 N–H and O–H groups in total. The van der Waals surface area contributed by atoms with Crippen LogP contribution in [0.3, 0.4) is 0 Å². The lowest BCUT2D eigenvalue weighted by atomic mass is 10.1. The average molecular weight is 488 g/mol. The van der Waals surface area contributed by atoms with Crippen molar-refractivity contribution in [2.24, 2.45) is 0 Å². The van der Waals surface area contributed by atoms with Gasteiger partial charge in [-0.05, 0) is 30.5 Å². The molecule has 2 aromatic carbocycles. The lowest BCUT2D eigenvalue weighted by Crippen LogP contribution is -2.50. The third kappa shape index (κ3) is 5.89. The highest BCUT2D eigenvalue weighted by molar-refractivity contribution is 5.88. The molecule has 4 rings (SSSR count). The summed E-state index contributed by atoms with van der Waals surface area (Å²) in [5.41, 5.74) is 0.405. The Labute approximate surface area is 198 Å². The highest BCUT2D eigenvalue weighted by Crippen LogP contribution is 2.36. The van der Waals surface area contributed by atoms with E-state index in [9.17, 15) is 28.1 Å². The first kappa shape index (κ1) is 24.0. The van der Waals surface area contributed by atoms with Crippen LogP contribution >= 0.6 is 0 Å². The molecule has 0 spiro atoms. The van der Waals surface area contributed by atoms with Crippen LogP contribution in [0.2, 0.25) is 0 Å². The fraction of sp³-hybridized carbons (Fsp3) is 0.304. The number of carbonyl (C=O) groups is 1. The number of piperazine rings is 1. The van der Waals surface area contributed by atoms with Gasteiger partial charge < -0.3 is 9.80 Å². The van der Waals surface area contributed by atoms with Crippen molar-refractivity contribution in [2.75, 3.05) is 36.4 Å². The number of carbonyl (C=O) groups excluding carboxylic acids is 1. The van der Waals surface area contributed by atoms with Crippen LogP contribution in [0, 0.1) is 10.1 Å². The van der Waals surface area contributed by atoms with Gasteiger partial charge in [0.1, 0.15) is 11.5 Å². The predicted molar refractivity (Wildman–Crippen MR) is 123 cm³/mol. The van der Waals surface area contributed by atoms with Crippen molar-refractivity contribution in [3.63, 3.8) is 0 Å². The number of hydrogen-bond acceptors (Lipinski definition) is 5. The number of nitrogens with zero attached hydrogens (tertiary/aromatic N) is 4. The largest absolute Gasteiger partial charge is 0.416 e. The number of anilines is 2. The molecule has 0 aliphatic carbocycles. The zero-order chi connectivity index (χ0) is 25.0. The zero-order valence-corrected chi connectivity index (χ0v) is 18.6.